The Morgan fingerprint density at radius 3 is 3.00 bits per heavy atom. The normalized spacial score (nSPS) is 23.9. The van der Waals surface area contributed by atoms with E-state index in [2.05, 4.69) is 0 Å². The summed E-state index contributed by atoms with van der Waals surface area (Å²) >= 11 is 0. The van der Waals surface area contributed by atoms with Crippen LogP contribution in [0.3, 0.4) is 0 Å². The summed E-state index contributed by atoms with van der Waals surface area (Å²) in [5.41, 5.74) is 0. The first-order chi connectivity index (χ1) is 6.69. The quantitative estimate of drug-likeness (QED) is 0.709. The number of hydrogen-bond acceptors (Lipinski definition) is 3. The maximum absolute atomic E-state index is 11.7. The second-order valence-corrected chi connectivity index (χ2v) is 3.83. The van der Waals surface area contributed by atoms with Crippen LogP contribution in [0.2, 0.25) is 0 Å². The third kappa shape index (κ3) is 2.69. The number of aliphatic hydroxyl groups is 1. The molecule has 0 bridgehead atoms. The Morgan fingerprint density at radius 2 is 2.43 bits per heavy atom. The SMILES string of the molecule is COC(C)C(=O)N1CCC(CCO)C1. The number of carbonyl (C=O) groups excluding carboxylic acids is 1. The van der Waals surface area contributed by atoms with Gasteiger partial charge in [0.05, 0.1) is 0 Å². The summed E-state index contributed by atoms with van der Waals surface area (Å²) in [5.74, 6) is 0.529. The lowest BCUT2D eigenvalue weighted by molar-refractivity contribution is -0.139. The highest BCUT2D eigenvalue weighted by molar-refractivity contribution is 5.80. The van der Waals surface area contributed by atoms with Crippen molar-refractivity contribution >= 4 is 5.91 Å². The molecule has 0 spiro atoms. The topological polar surface area (TPSA) is 49.8 Å². The van der Waals surface area contributed by atoms with E-state index in [9.17, 15) is 4.79 Å². The lowest BCUT2D eigenvalue weighted by Crippen LogP contribution is -2.37. The average molecular weight is 201 g/mol. The first-order valence-corrected chi connectivity index (χ1v) is 5.11. The van der Waals surface area contributed by atoms with E-state index >= 15 is 0 Å². The van der Waals surface area contributed by atoms with Gasteiger partial charge in [-0.05, 0) is 25.7 Å². The van der Waals surface area contributed by atoms with E-state index in [4.69, 9.17) is 9.84 Å². The van der Waals surface area contributed by atoms with E-state index in [1.165, 1.54) is 0 Å². The van der Waals surface area contributed by atoms with Crippen molar-refractivity contribution < 1.29 is 14.6 Å². The van der Waals surface area contributed by atoms with Crippen molar-refractivity contribution in [2.45, 2.75) is 25.9 Å². The van der Waals surface area contributed by atoms with Crippen LogP contribution < -0.4 is 0 Å². The first-order valence-electron chi connectivity index (χ1n) is 5.11. The summed E-state index contributed by atoms with van der Waals surface area (Å²) in [6.45, 7) is 3.55. The Balaban J connectivity index is 2.37. The molecule has 0 saturated carbocycles. The molecule has 1 rings (SSSR count). The summed E-state index contributed by atoms with van der Waals surface area (Å²) in [4.78, 5) is 13.5. The van der Waals surface area contributed by atoms with Crippen LogP contribution in [0.25, 0.3) is 0 Å². The molecule has 2 atom stereocenters. The van der Waals surface area contributed by atoms with Gasteiger partial charge in [0.2, 0.25) is 0 Å². The fourth-order valence-corrected chi connectivity index (χ4v) is 1.81. The zero-order chi connectivity index (χ0) is 10.6. The molecule has 1 N–H and O–H groups in total. The van der Waals surface area contributed by atoms with Crippen LogP contribution in [0.5, 0.6) is 0 Å². The molecule has 0 aromatic rings. The van der Waals surface area contributed by atoms with Crippen LogP contribution in [-0.2, 0) is 9.53 Å². The van der Waals surface area contributed by atoms with Crippen LogP contribution in [0.15, 0.2) is 0 Å². The number of aliphatic hydroxyl groups excluding tert-OH is 1. The van der Waals surface area contributed by atoms with Gasteiger partial charge in [-0.1, -0.05) is 0 Å². The van der Waals surface area contributed by atoms with Crippen molar-refractivity contribution in [2.75, 3.05) is 26.8 Å². The fourth-order valence-electron chi connectivity index (χ4n) is 1.81. The average Bonchev–Trinajstić information content (AvgIpc) is 2.64. The highest BCUT2D eigenvalue weighted by Gasteiger charge is 2.28. The third-order valence-electron chi connectivity index (χ3n) is 2.84. The Hall–Kier alpha value is -0.610. The minimum Gasteiger partial charge on any atom is -0.396 e. The van der Waals surface area contributed by atoms with Gasteiger partial charge in [-0.2, -0.15) is 0 Å². The highest BCUT2D eigenvalue weighted by atomic mass is 16.5. The smallest absolute Gasteiger partial charge is 0.251 e. The van der Waals surface area contributed by atoms with Crippen molar-refractivity contribution in [1.82, 2.24) is 4.90 Å². The minimum absolute atomic E-state index is 0.0629. The van der Waals surface area contributed by atoms with Crippen LogP contribution in [0.1, 0.15) is 19.8 Å². The molecule has 2 unspecified atom stereocenters. The second kappa shape index (κ2) is 5.32. The molecular weight excluding hydrogens is 182 g/mol. The molecule has 0 aliphatic carbocycles. The van der Waals surface area contributed by atoms with E-state index in [1.807, 2.05) is 4.90 Å². The van der Waals surface area contributed by atoms with Gasteiger partial charge in [0.15, 0.2) is 0 Å². The lowest BCUT2D eigenvalue weighted by Gasteiger charge is -2.19. The molecular formula is C10H19NO3. The van der Waals surface area contributed by atoms with Crippen molar-refractivity contribution in [2.24, 2.45) is 5.92 Å². The molecule has 1 fully saturated rings. The number of carbonyl (C=O) groups is 1. The molecule has 0 aromatic heterocycles. The van der Waals surface area contributed by atoms with E-state index in [0.717, 1.165) is 25.9 Å². The lowest BCUT2D eigenvalue weighted by atomic mass is 10.1. The molecule has 1 saturated heterocycles. The van der Waals surface area contributed by atoms with Crippen LogP contribution >= 0.6 is 0 Å². The Kier molecular flexibility index (Phi) is 4.35. The highest BCUT2D eigenvalue weighted by Crippen LogP contribution is 2.19. The zero-order valence-electron chi connectivity index (χ0n) is 8.90. The van der Waals surface area contributed by atoms with E-state index in [-0.39, 0.29) is 18.6 Å². The number of nitrogens with zero attached hydrogens (tertiary/aromatic N) is 1. The van der Waals surface area contributed by atoms with E-state index < -0.39 is 0 Å². The molecule has 14 heavy (non-hydrogen) atoms. The minimum atomic E-state index is -0.345. The molecule has 82 valence electrons. The molecule has 0 aromatic carbocycles. The van der Waals surface area contributed by atoms with Crippen molar-refractivity contribution in [1.29, 1.82) is 0 Å². The van der Waals surface area contributed by atoms with Gasteiger partial charge < -0.3 is 14.7 Å². The zero-order valence-corrected chi connectivity index (χ0v) is 8.90. The molecule has 1 aliphatic rings. The summed E-state index contributed by atoms with van der Waals surface area (Å²) in [6.07, 6.45) is 1.45. The van der Waals surface area contributed by atoms with Crippen molar-refractivity contribution in [3.8, 4) is 0 Å². The Labute approximate surface area is 84.8 Å². The predicted octanol–water partition coefficient (Wildman–Crippen LogP) is 0.252. The predicted molar refractivity (Wildman–Crippen MR) is 52.9 cm³/mol. The van der Waals surface area contributed by atoms with Crippen LogP contribution in [0, 0.1) is 5.92 Å². The molecule has 1 aliphatic heterocycles. The Morgan fingerprint density at radius 1 is 1.71 bits per heavy atom. The van der Waals surface area contributed by atoms with Gasteiger partial charge in [0.1, 0.15) is 6.10 Å². The van der Waals surface area contributed by atoms with E-state index in [1.54, 1.807) is 14.0 Å². The van der Waals surface area contributed by atoms with Gasteiger partial charge in [-0.25, -0.2) is 0 Å². The summed E-state index contributed by atoms with van der Waals surface area (Å²) < 4.78 is 4.98. The van der Waals surface area contributed by atoms with E-state index in [0.29, 0.717) is 5.92 Å². The van der Waals surface area contributed by atoms with Crippen LogP contribution in [0.4, 0.5) is 0 Å². The monoisotopic (exact) mass is 201 g/mol. The standard InChI is InChI=1S/C10H19NO3/c1-8(14-2)10(13)11-5-3-9(7-11)4-6-12/h8-9,12H,3-7H2,1-2H3. The van der Waals surface area contributed by atoms with Gasteiger partial charge in [0.25, 0.3) is 5.91 Å². The van der Waals surface area contributed by atoms with Gasteiger partial charge in [0, 0.05) is 26.8 Å². The number of hydrogen-bond donors (Lipinski definition) is 1. The molecule has 4 nitrogen and oxygen atoms in total. The van der Waals surface area contributed by atoms with Crippen molar-refractivity contribution in [3.63, 3.8) is 0 Å². The summed E-state index contributed by atoms with van der Waals surface area (Å²) in [6, 6.07) is 0. The fraction of sp³-hybridized carbons (Fsp3) is 0.900. The number of ether oxygens (including phenoxy) is 1. The summed E-state index contributed by atoms with van der Waals surface area (Å²) in [5, 5.41) is 8.78. The van der Waals surface area contributed by atoms with Crippen molar-refractivity contribution in [3.05, 3.63) is 0 Å². The van der Waals surface area contributed by atoms with Gasteiger partial charge in [-0.3, -0.25) is 4.79 Å². The number of rotatable bonds is 4. The Bertz CT molecular complexity index is 196. The maximum Gasteiger partial charge on any atom is 0.251 e. The first kappa shape index (κ1) is 11.5. The molecule has 4 heteroatoms. The molecule has 0 radical (unpaired) electrons. The molecule has 1 amide bonds. The second-order valence-electron chi connectivity index (χ2n) is 3.83. The van der Waals surface area contributed by atoms with Gasteiger partial charge >= 0.3 is 0 Å². The summed E-state index contributed by atoms with van der Waals surface area (Å²) in [7, 11) is 1.55. The maximum atomic E-state index is 11.7. The third-order valence-corrected chi connectivity index (χ3v) is 2.84. The number of methoxy groups -OCH3 is 1. The number of likely N-dealkylation sites (tertiary alicyclic amines) is 1. The largest absolute Gasteiger partial charge is 0.396 e. The number of amides is 1. The van der Waals surface area contributed by atoms with Crippen LogP contribution in [-0.4, -0.2) is 48.8 Å². The molecule has 1 heterocycles. The van der Waals surface area contributed by atoms with Gasteiger partial charge in [-0.15, -0.1) is 0 Å².